The third-order valence-electron chi connectivity index (χ3n) is 3.25. The molecule has 0 amide bonds. The minimum absolute atomic E-state index is 0.398. The van der Waals surface area contributed by atoms with E-state index in [1.165, 1.54) is 6.26 Å². The predicted molar refractivity (Wildman–Crippen MR) is 78.3 cm³/mol. The molecule has 0 spiro atoms. The third-order valence-corrected chi connectivity index (χ3v) is 3.25. The van der Waals surface area contributed by atoms with Crippen molar-refractivity contribution in [3.63, 3.8) is 0 Å². The minimum atomic E-state index is -0.398. The van der Waals surface area contributed by atoms with Gasteiger partial charge in [-0.15, -0.1) is 0 Å². The van der Waals surface area contributed by atoms with Gasteiger partial charge in [-0.25, -0.2) is 9.36 Å². The summed E-state index contributed by atoms with van der Waals surface area (Å²) in [6, 6.07) is 18.7. The molecule has 0 aliphatic carbocycles. The van der Waals surface area contributed by atoms with Crippen molar-refractivity contribution in [2.75, 3.05) is 0 Å². The summed E-state index contributed by atoms with van der Waals surface area (Å²) in [6.45, 7) is 0. The summed E-state index contributed by atoms with van der Waals surface area (Å²) in [5.41, 5.74) is 3.18. The van der Waals surface area contributed by atoms with Gasteiger partial charge in [0.05, 0.1) is 23.0 Å². The predicted octanol–water partition coefficient (Wildman–Crippen LogP) is 2.89. The second-order valence-corrected chi connectivity index (χ2v) is 4.65. The fourth-order valence-corrected chi connectivity index (χ4v) is 2.22. The number of para-hydroxylation sites is 1. The number of nitrogens with zero attached hydrogens (tertiary/aromatic N) is 2. The summed E-state index contributed by atoms with van der Waals surface area (Å²) in [5, 5.41) is 8.80. The highest BCUT2D eigenvalue weighted by atomic mass is 16.4. The molecule has 3 rings (SSSR count). The highest BCUT2D eigenvalue weighted by Crippen LogP contribution is 2.14. The van der Waals surface area contributed by atoms with E-state index in [0.29, 0.717) is 12.0 Å². The Morgan fingerprint density at radius 3 is 2.43 bits per heavy atom. The van der Waals surface area contributed by atoms with Gasteiger partial charge in [0.1, 0.15) is 6.26 Å². The molecule has 1 aromatic heterocycles. The number of benzene rings is 2. The van der Waals surface area contributed by atoms with Gasteiger partial charge in [0.15, 0.2) is 0 Å². The quantitative estimate of drug-likeness (QED) is 0.739. The van der Waals surface area contributed by atoms with Crippen molar-refractivity contribution in [2.45, 2.75) is 6.42 Å². The number of rotatable bonds is 3. The molecular formula is C17H12N2O2. The van der Waals surface area contributed by atoms with Crippen molar-refractivity contribution in [1.82, 2.24) is 4.57 Å². The Labute approximate surface area is 121 Å². The maximum absolute atomic E-state index is 11.9. The number of aromatic nitrogens is 1. The number of hydrogen-bond donors (Lipinski definition) is 0. The van der Waals surface area contributed by atoms with Crippen molar-refractivity contribution < 1.29 is 4.42 Å². The summed E-state index contributed by atoms with van der Waals surface area (Å²) in [4.78, 5) is 11.9. The van der Waals surface area contributed by atoms with Gasteiger partial charge >= 0.3 is 5.76 Å². The minimum Gasteiger partial charge on any atom is -0.416 e. The summed E-state index contributed by atoms with van der Waals surface area (Å²) in [6.07, 6.45) is 2.04. The molecular weight excluding hydrogens is 264 g/mol. The normalized spacial score (nSPS) is 10.2. The Balaban J connectivity index is 1.97. The topological polar surface area (TPSA) is 58.9 Å². The Morgan fingerprint density at radius 1 is 1.05 bits per heavy atom. The fraction of sp³-hybridized carbons (Fsp3) is 0.0588. The molecule has 0 saturated heterocycles. The van der Waals surface area contributed by atoms with E-state index in [4.69, 9.17) is 9.68 Å². The highest BCUT2D eigenvalue weighted by molar-refractivity contribution is 5.36. The van der Waals surface area contributed by atoms with Gasteiger partial charge in [-0.1, -0.05) is 30.3 Å². The van der Waals surface area contributed by atoms with Crippen molar-refractivity contribution in [1.29, 1.82) is 5.26 Å². The smallest absolute Gasteiger partial charge is 0.416 e. The van der Waals surface area contributed by atoms with Crippen molar-refractivity contribution in [3.8, 4) is 11.8 Å². The molecule has 0 aliphatic rings. The molecule has 21 heavy (non-hydrogen) atoms. The van der Waals surface area contributed by atoms with Gasteiger partial charge < -0.3 is 4.42 Å². The first-order chi connectivity index (χ1) is 10.3. The lowest BCUT2D eigenvalue weighted by atomic mass is 10.1. The van der Waals surface area contributed by atoms with Crippen LogP contribution in [0.4, 0.5) is 0 Å². The summed E-state index contributed by atoms with van der Waals surface area (Å²) in [7, 11) is 0. The van der Waals surface area contributed by atoms with E-state index in [2.05, 4.69) is 6.07 Å². The van der Waals surface area contributed by atoms with Crippen LogP contribution < -0.4 is 5.76 Å². The lowest BCUT2D eigenvalue weighted by molar-refractivity contribution is 0.504. The highest BCUT2D eigenvalue weighted by Gasteiger charge is 2.10. The van der Waals surface area contributed by atoms with Gasteiger partial charge in [-0.2, -0.15) is 5.26 Å². The molecule has 0 radical (unpaired) electrons. The Morgan fingerprint density at radius 2 is 1.76 bits per heavy atom. The van der Waals surface area contributed by atoms with Gasteiger partial charge in [0, 0.05) is 6.42 Å². The maximum atomic E-state index is 11.9. The lowest BCUT2D eigenvalue weighted by Crippen LogP contribution is -2.14. The van der Waals surface area contributed by atoms with Crippen LogP contribution in [0.25, 0.3) is 5.69 Å². The van der Waals surface area contributed by atoms with E-state index < -0.39 is 5.76 Å². The number of oxazole rings is 1. The first-order valence-corrected chi connectivity index (χ1v) is 6.52. The van der Waals surface area contributed by atoms with Crippen LogP contribution >= 0.6 is 0 Å². The molecule has 0 atom stereocenters. The molecule has 0 bridgehead atoms. The molecule has 0 aliphatic heterocycles. The van der Waals surface area contributed by atoms with Crippen LogP contribution in [0.1, 0.15) is 16.8 Å². The van der Waals surface area contributed by atoms with Crippen LogP contribution in [0.2, 0.25) is 0 Å². The first kappa shape index (κ1) is 12.9. The molecule has 3 aromatic rings. The molecule has 0 fully saturated rings. The average Bonchev–Trinajstić information content (AvgIpc) is 2.89. The van der Waals surface area contributed by atoms with E-state index in [1.807, 2.05) is 42.5 Å². The zero-order chi connectivity index (χ0) is 14.7. The zero-order valence-electron chi connectivity index (χ0n) is 11.2. The largest absolute Gasteiger partial charge is 0.423 e. The van der Waals surface area contributed by atoms with Crippen LogP contribution in [-0.4, -0.2) is 4.57 Å². The SMILES string of the molecule is N#Cc1ccc(Cc2coc(=O)n2-c2ccccc2)cc1. The first-order valence-electron chi connectivity index (χ1n) is 6.52. The zero-order valence-corrected chi connectivity index (χ0v) is 11.2. The lowest BCUT2D eigenvalue weighted by Gasteiger charge is -2.06. The maximum Gasteiger partial charge on any atom is 0.423 e. The van der Waals surface area contributed by atoms with Crippen LogP contribution in [0, 0.1) is 11.3 Å². The van der Waals surface area contributed by atoms with Crippen LogP contribution in [0.15, 0.2) is 70.1 Å². The van der Waals surface area contributed by atoms with E-state index >= 15 is 0 Å². The second-order valence-electron chi connectivity index (χ2n) is 4.65. The van der Waals surface area contributed by atoms with Gasteiger partial charge in [-0.3, -0.25) is 0 Å². The average molecular weight is 276 g/mol. The monoisotopic (exact) mass is 276 g/mol. The summed E-state index contributed by atoms with van der Waals surface area (Å²) >= 11 is 0. The molecule has 4 heteroatoms. The van der Waals surface area contributed by atoms with E-state index in [9.17, 15) is 4.79 Å². The fourth-order valence-electron chi connectivity index (χ4n) is 2.22. The Kier molecular flexibility index (Phi) is 3.40. The molecule has 102 valence electrons. The van der Waals surface area contributed by atoms with Crippen LogP contribution in [0.3, 0.4) is 0 Å². The third kappa shape index (κ3) is 2.63. The second kappa shape index (κ2) is 5.51. The van der Waals surface area contributed by atoms with Gasteiger partial charge in [-0.05, 0) is 29.8 Å². The van der Waals surface area contributed by atoms with E-state index in [-0.39, 0.29) is 0 Å². The van der Waals surface area contributed by atoms with Gasteiger partial charge in [0.2, 0.25) is 0 Å². The van der Waals surface area contributed by atoms with Crippen molar-refractivity contribution >= 4 is 0 Å². The summed E-state index contributed by atoms with van der Waals surface area (Å²) < 4.78 is 6.58. The molecule has 2 aromatic carbocycles. The van der Waals surface area contributed by atoms with Crippen molar-refractivity contribution in [3.05, 3.63) is 88.2 Å². The standard InChI is InChI=1S/C17H12N2O2/c18-11-14-8-6-13(7-9-14)10-16-12-21-17(20)19(16)15-4-2-1-3-5-15/h1-9,12H,10H2. The van der Waals surface area contributed by atoms with Crippen molar-refractivity contribution in [2.24, 2.45) is 0 Å². The summed E-state index contributed by atoms with van der Waals surface area (Å²) in [5.74, 6) is -0.398. The Bertz CT molecular complexity index is 837. The molecule has 0 N–H and O–H groups in total. The Hall–Kier alpha value is -3.06. The molecule has 0 unspecified atom stereocenters. The molecule has 0 saturated carbocycles. The van der Waals surface area contributed by atoms with Crippen LogP contribution in [-0.2, 0) is 6.42 Å². The number of nitriles is 1. The van der Waals surface area contributed by atoms with Gasteiger partial charge in [0.25, 0.3) is 0 Å². The van der Waals surface area contributed by atoms with Crippen LogP contribution in [0.5, 0.6) is 0 Å². The molecule has 4 nitrogen and oxygen atoms in total. The van der Waals surface area contributed by atoms with E-state index in [0.717, 1.165) is 16.9 Å². The molecule has 1 heterocycles. The number of hydrogen-bond acceptors (Lipinski definition) is 3. The van der Waals surface area contributed by atoms with E-state index in [1.54, 1.807) is 16.7 Å².